The van der Waals surface area contributed by atoms with Gasteiger partial charge in [0.15, 0.2) is 5.96 Å². The van der Waals surface area contributed by atoms with Crippen molar-refractivity contribution in [2.24, 2.45) is 4.99 Å². The fourth-order valence-corrected chi connectivity index (χ4v) is 3.81. The van der Waals surface area contributed by atoms with Gasteiger partial charge in [-0.1, -0.05) is 13.8 Å². The highest BCUT2D eigenvalue weighted by Gasteiger charge is 2.24. The first-order chi connectivity index (χ1) is 10.7. The Hall–Kier alpha value is -1.14. The van der Waals surface area contributed by atoms with Crippen LogP contribution in [0.3, 0.4) is 0 Å². The summed E-state index contributed by atoms with van der Waals surface area (Å²) in [6.45, 7) is 8.55. The monoisotopic (exact) mass is 323 g/mol. The van der Waals surface area contributed by atoms with E-state index in [-0.39, 0.29) is 0 Å². The summed E-state index contributed by atoms with van der Waals surface area (Å²) in [5, 5.41) is 6.76. The van der Waals surface area contributed by atoms with E-state index in [0.29, 0.717) is 6.04 Å². The Morgan fingerprint density at radius 3 is 3.00 bits per heavy atom. The zero-order valence-corrected chi connectivity index (χ0v) is 15.1. The lowest BCUT2D eigenvalue weighted by Gasteiger charge is -2.29. The van der Waals surface area contributed by atoms with Crippen molar-refractivity contribution in [1.29, 1.82) is 0 Å². The molecule has 1 unspecified atom stereocenters. The van der Waals surface area contributed by atoms with E-state index >= 15 is 0 Å². The van der Waals surface area contributed by atoms with Crippen molar-refractivity contribution >= 4 is 17.3 Å². The van der Waals surface area contributed by atoms with Crippen molar-refractivity contribution in [3.05, 3.63) is 16.1 Å². The minimum atomic E-state index is 0.652. The first-order valence-corrected chi connectivity index (χ1v) is 9.15. The molecule has 22 heavy (non-hydrogen) atoms. The molecular formula is C16H29N5S. The van der Waals surface area contributed by atoms with E-state index in [9.17, 15) is 0 Å². The third-order valence-corrected chi connectivity index (χ3v) is 5.33. The third-order valence-electron chi connectivity index (χ3n) is 4.29. The summed E-state index contributed by atoms with van der Waals surface area (Å²) in [5.41, 5.74) is 1.10. The summed E-state index contributed by atoms with van der Waals surface area (Å²) in [6, 6.07) is 0.652. The topological polar surface area (TPSA) is 43.8 Å². The number of likely N-dealkylation sites (tertiary alicyclic amines) is 1. The van der Waals surface area contributed by atoms with Gasteiger partial charge in [0.25, 0.3) is 0 Å². The van der Waals surface area contributed by atoms with E-state index in [1.807, 2.05) is 7.05 Å². The van der Waals surface area contributed by atoms with Crippen molar-refractivity contribution in [2.75, 3.05) is 33.7 Å². The van der Waals surface area contributed by atoms with Gasteiger partial charge in [-0.15, -0.1) is 11.3 Å². The van der Waals surface area contributed by atoms with E-state index in [2.05, 4.69) is 51.4 Å². The summed E-state index contributed by atoms with van der Waals surface area (Å²) >= 11 is 1.74. The number of hydrogen-bond donors (Lipinski definition) is 1. The molecule has 6 heteroatoms. The van der Waals surface area contributed by atoms with Crippen LogP contribution >= 0.6 is 11.3 Å². The summed E-state index contributed by atoms with van der Waals surface area (Å²) in [7, 11) is 3.98. The van der Waals surface area contributed by atoms with Gasteiger partial charge in [0.1, 0.15) is 0 Å². The maximum Gasteiger partial charge on any atom is 0.193 e. The van der Waals surface area contributed by atoms with Crippen LogP contribution in [0, 0.1) is 0 Å². The first-order valence-electron chi connectivity index (χ1n) is 8.27. The molecule has 124 valence electrons. The molecule has 1 aliphatic heterocycles. The molecule has 1 aliphatic rings. The number of thiazole rings is 1. The van der Waals surface area contributed by atoms with Gasteiger partial charge >= 0.3 is 0 Å². The van der Waals surface area contributed by atoms with Crippen molar-refractivity contribution in [1.82, 2.24) is 20.1 Å². The number of likely N-dealkylation sites (N-methyl/N-ethyl adjacent to an activating group) is 2. The van der Waals surface area contributed by atoms with E-state index in [1.165, 1.54) is 24.4 Å². The number of nitrogens with one attached hydrogen (secondary N) is 1. The second-order valence-electron chi connectivity index (χ2n) is 5.79. The van der Waals surface area contributed by atoms with Gasteiger partial charge in [0.2, 0.25) is 0 Å². The SMILES string of the molecule is CCc1nc(CNC(=NC)N(C)CC2CCCN2CC)cs1. The minimum Gasteiger partial charge on any atom is -0.351 e. The molecule has 0 aliphatic carbocycles. The van der Waals surface area contributed by atoms with Crippen LogP contribution in [0.15, 0.2) is 10.4 Å². The molecular weight excluding hydrogens is 294 g/mol. The Labute approximate surface area is 138 Å². The number of aliphatic imine (C=N–C) groups is 1. The molecule has 2 rings (SSSR count). The molecule has 0 aromatic carbocycles. The van der Waals surface area contributed by atoms with Crippen molar-refractivity contribution < 1.29 is 0 Å². The predicted octanol–water partition coefficient (Wildman–Crippen LogP) is 2.20. The number of hydrogen-bond acceptors (Lipinski definition) is 4. The van der Waals surface area contributed by atoms with Crippen LogP contribution in [0.5, 0.6) is 0 Å². The number of aryl methyl sites for hydroxylation is 1. The largest absolute Gasteiger partial charge is 0.351 e. The maximum atomic E-state index is 4.60. The average molecular weight is 324 g/mol. The molecule has 0 saturated carbocycles. The summed E-state index contributed by atoms with van der Waals surface area (Å²) in [6.07, 6.45) is 3.62. The Morgan fingerprint density at radius 2 is 2.36 bits per heavy atom. The molecule has 1 saturated heterocycles. The Bertz CT molecular complexity index is 485. The molecule has 0 amide bonds. The van der Waals surface area contributed by atoms with Crippen LogP contribution in [0.25, 0.3) is 0 Å². The normalized spacial score (nSPS) is 19.6. The molecule has 1 fully saturated rings. The van der Waals surface area contributed by atoms with Crippen LogP contribution in [-0.2, 0) is 13.0 Å². The smallest absolute Gasteiger partial charge is 0.193 e. The lowest BCUT2D eigenvalue weighted by Crippen LogP contribution is -2.45. The minimum absolute atomic E-state index is 0.652. The van der Waals surface area contributed by atoms with Crippen LogP contribution in [0.1, 0.15) is 37.4 Å². The zero-order valence-electron chi connectivity index (χ0n) is 14.3. The Balaban J connectivity index is 1.85. The zero-order chi connectivity index (χ0) is 15.9. The maximum absolute atomic E-state index is 4.60. The van der Waals surface area contributed by atoms with E-state index < -0.39 is 0 Å². The number of aromatic nitrogens is 1. The standard InChI is InChI=1S/C16H29N5S/c1-5-15-19-13(12-22-15)10-18-16(17-3)20(4)11-14-8-7-9-21(14)6-2/h12,14H,5-11H2,1-4H3,(H,17,18). The lowest BCUT2D eigenvalue weighted by atomic mass is 10.2. The van der Waals surface area contributed by atoms with Crippen LogP contribution in [0.4, 0.5) is 0 Å². The first kappa shape index (κ1) is 17.2. The highest BCUT2D eigenvalue weighted by atomic mass is 32.1. The van der Waals surface area contributed by atoms with Gasteiger partial charge in [0.05, 0.1) is 17.2 Å². The molecule has 2 heterocycles. The van der Waals surface area contributed by atoms with Gasteiger partial charge in [0, 0.05) is 32.1 Å². The fraction of sp³-hybridized carbons (Fsp3) is 0.750. The van der Waals surface area contributed by atoms with Gasteiger partial charge in [-0.2, -0.15) is 0 Å². The van der Waals surface area contributed by atoms with Gasteiger partial charge < -0.3 is 10.2 Å². The average Bonchev–Trinajstić information content (AvgIpc) is 3.16. The Morgan fingerprint density at radius 1 is 1.55 bits per heavy atom. The molecule has 1 aromatic heterocycles. The van der Waals surface area contributed by atoms with E-state index in [4.69, 9.17) is 0 Å². The van der Waals surface area contributed by atoms with Crippen LogP contribution in [0.2, 0.25) is 0 Å². The lowest BCUT2D eigenvalue weighted by molar-refractivity contribution is 0.232. The second-order valence-corrected chi connectivity index (χ2v) is 6.73. The molecule has 0 bridgehead atoms. The molecule has 1 atom stereocenters. The molecule has 0 spiro atoms. The number of nitrogens with zero attached hydrogens (tertiary/aromatic N) is 4. The van der Waals surface area contributed by atoms with Crippen molar-refractivity contribution in [3.63, 3.8) is 0 Å². The Kier molecular flexibility index (Phi) is 6.64. The summed E-state index contributed by atoms with van der Waals surface area (Å²) in [4.78, 5) is 13.8. The number of rotatable bonds is 6. The van der Waals surface area contributed by atoms with Crippen LogP contribution in [-0.4, -0.2) is 60.5 Å². The van der Waals surface area contributed by atoms with Gasteiger partial charge in [-0.05, 0) is 32.4 Å². The highest BCUT2D eigenvalue weighted by molar-refractivity contribution is 7.09. The highest BCUT2D eigenvalue weighted by Crippen LogP contribution is 2.17. The number of guanidine groups is 1. The van der Waals surface area contributed by atoms with E-state index in [1.54, 1.807) is 11.3 Å². The van der Waals surface area contributed by atoms with Gasteiger partial charge in [-0.3, -0.25) is 9.89 Å². The van der Waals surface area contributed by atoms with Crippen molar-refractivity contribution in [3.8, 4) is 0 Å². The predicted molar refractivity (Wildman–Crippen MR) is 94.6 cm³/mol. The van der Waals surface area contributed by atoms with Gasteiger partial charge in [-0.25, -0.2) is 4.98 Å². The van der Waals surface area contributed by atoms with Crippen LogP contribution < -0.4 is 5.32 Å². The molecule has 1 aromatic rings. The molecule has 0 radical (unpaired) electrons. The second kappa shape index (κ2) is 8.48. The summed E-state index contributed by atoms with van der Waals surface area (Å²) in [5.74, 6) is 0.953. The summed E-state index contributed by atoms with van der Waals surface area (Å²) < 4.78 is 0. The fourth-order valence-electron chi connectivity index (χ4n) is 3.07. The molecule has 1 N–H and O–H groups in total. The van der Waals surface area contributed by atoms with E-state index in [0.717, 1.165) is 37.7 Å². The molecule has 5 nitrogen and oxygen atoms in total. The third kappa shape index (κ3) is 4.43. The quantitative estimate of drug-likeness (QED) is 0.644. The van der Waals surface area contributed by atoms with Crippen molar-refractivity contribution in [2.45, 2.75) is 45.7 Å².